The summed E-state index contributed by atoms with van der Waals surface area (Å²) >= 11 is 0. The second kappa shape index (κ2) is 10.8. The minimum atomic E-state index is -0.483. The van der Waals surface area contributed by atoms with Gasteiger partial charge in [0, 0.05) is 12.7 Å². The topological polar surface area (TPSA) is 92.2 Å². The molecule has 0 spiro atoms. The van der Waals surface area contributed by atoms with Crippen LogP contribution in [0.2, 0.25) is 0 Å². The molecule has 0 radical (unpaired) electrons. The zero-order valence-electron chi connectivity index (χ0n) is 21.2. The fraction of sp³-hybridized carbons (Fsp3) is 0.500. The molecule has 1 aromatic carbocycles. The number of carbonyl (C=O) groups excluding carboxylic acids is 2. The quantitative estimate of drug-likeness (QED) is 0.528. The first-order valence-corrected chi connectivity index (χ1v) is 13.2. The van der Waals surface area contributed by atoms with Gasteiger partial charge < -0.3 is 15.5 Å². The van der Waals surface area contributed by atoms with Crippen molar-refractivity contribution in [2.24, 2.45) is 5.92 Å². The van der Waals surface area contributed by atoms with E-state index in [9.17, 15) is 9.59 Å². The number of nitrogens with zero attached hydrogens (tertiary/aromatic N) is 4. The molecule has 1 aliphatic carbocycles. The average molecular weight is 489 g/mol. The standard InChI is InChI=1S/C28H36N6O2/c1-19(29-2)27(35)32-26(20-9-4-3-5-10-20)28(36)33-14-8-13-24(33)21-15-22(17-30-16-21)34-18-31-23-11-6-7-12-25(23)34/h6-7,11-12,15-20,24,26,29H,3-5,8-10,13-14H2,1-2H3,(H,32,35)/t19?,24-,26-/m0/s1. The van der Waals surface area contributed by atoms with Gasteiger partial charge in [-0.3, -0.25) is 19.1 Å². The van der Waals surface area contributed by atoms with Crippen molar-refractivity contribution >= 4 is 22.8 Å². The van der Waals surface area contributed by atoms with E-state index in [0.29, 0.717) is 6.54 Å². The number of fused-ring (bicyclic) bond motifs is 1. The van der Waals surface area contributed by atoms with Gasteiger partial charge in [0.25, 0.3) is 0 Å². The Bertz CT molecular complexity index is 1220. The Balaban J connectivity index is 1.41. The van der Waals surface area contributed by atoms with Crippen LogP contribution in [0.1, 0.15) is 63.5 Å². The average Bonchev–Trinajstić information content (AvgIpc) is 3.59. The molecule has 2 amide bonds. The van der Waals surface area contributed by atoms with Crippen molar-refractivity contribution < 1.29 is 9.59 Å². The van der Waals surface area contributed by atoms with Crippen molar-refractivity contribution in [3.05, 3.63) is 54.6 Å². The summed E-state index contributed by atoms with van der Waals surface area (Å²) < 4.78 is 2.04. The number of carbonyl (C=O) groups is 2. The first-order valence-electron chi connectivity index (χ1n) is 13.2. The van der Waals surface area contributed by atoms with Crippen LogP contribution in [-0.2, 0) is 9.59 Å². The number of likely N-dealkylation sites (N-methyl/N-ethyl adjacent to an activating group) is 1. The fourth-order valence-electron chi connectivity index (χ4n) is 5.74. The number of aromatic nitrogens is 3. The summed E-state index contributed by atoms with van der Waals surface area (Å²) in [6.45, 7) is 2.52. The monoisotopic (exact) mass is 488 g/mol. The van der Waals surface area contributed by atoms with Gasteiger partial charge in [-0.2, -0.15) is 0 Å². The predicted octanol–water partition coefficient (Wildman–Crippen LogP) is 3.76. The number of likely N-dealkylation sites (tertiary alicyclic amines) is 1. The zero-order chi connectivity index (χ0) is 25.1. The van der Waals surface area contributed by atoms with Crippen LogP contribution in [0.3, 0.4) is 0 Å². The summed E-state index contributed by atoms with van der Waals surface area (Å²) in [4.78, 5) is 37.9. The third-order valence-corrected chi connectivity index (χ3v) is 7.91. The van der Waals surface area contributed by atoms with Gasteiger partial charge in [-0.05, 0) is 69.3 Å². The highest BCUT2D eigenvalue weighted by Gasteiger charge is 2.39. The number of benzene rings is 1. The van der Waals surface area contributed by atoms with Gasteiger partial charge in [-0.1, -0.05) is 31.4 Å². The highest BCUT2D eigenvalue weighted by atomic mass is 16.2. The smallest absolute Gasteiger partial charge is 0.245 e. The third-order valence-electron chi connectivity index (χ3n) is 7.91. The molecule has 0 bridgehead atoms. The molecule has 8 heteroatoms. The van der Waals surface area contributed by atoms with Crippen molar-refractivity contribution in [1.82, 2.24) is 30.1 Å². The largest absolute Gasteiger partial charge is 0.343 e. The Morgan fingerprint density at radius 3 is 2.67 bits per heavy atom. The highest BCUT2D eigenvalue weighted by Crippen LogP contribution is 2.35. The van der Waals surface area contributed by atoms with E-state index in [0.717, 1.165) is 60.8 Å². The zero-order valence-corrected chi connectivity index (χ0v) is 21.2. The number of rotatable bonds is 7. The van der Waals surface area contributed by atoms with Crippen LogP contribution in [0.5, 0.6) is 0 Å². The molecule has 3 atom stereocenters. The molecule has 5 rings (SSSR count). The maximum absolute atomic E-state index is 14.0. The SMILES string of the molecule is CNC(C)C(=O)N[C@H](C(=O)N1CCC[C@H]1c1cncc(-n2cnc3ccccc32)c1)C1CCCCC1. The summed E-state index contributed by atoms with van der Waals surface area (Å²) in [5, 5.41) is 6.11. The number of pyridine rings is 1. The number of hydrogen-bond acceptors (Lipinski definition) is 5. The summed E-state index contributed by atoms with van der Waals surface area (Å²) in [6.07, 6.45) is 12.7. The van der Waals surface area contributed by atoms with E-state index in [1.54, 1.807) is 7.05 Å². The van der Waals surface area contributed by atoms with Crippen molar-refractivity contribution in [3.63, 3.8) is 0 Å². The Morgan fingerprint density at radius 1 is 1.06 bits per heavy atom. The first kappa shape index (κ1) is 24.4. The van der Waals surface area contributed by atoms with Crippen molar-refractivity contribution in [2.45, 2.75) is 70.0 Å². The molecule has 3 aromatic rings. The molecular formula is C28H36N6O2. The van der Waals surface area contributed by atoms with Crippen LogP contribution in [0.4, 0.5) is 0 Å². The van der Waals surface area contributed by atoms with Crippen LogP contribution in [-0.4, -0.2) is 56.9 Å². The summed E-state index contributed by atoms with van der Waals surface area (Å²) in [5.41, 5.74) is 3.91. The lowest BCUT2D eigenvalue weighted by Crippen LogP contribution is -2.55. The van der Waals surface area contributed by atoms with Gasteiger partial charge in [0.2, 0.25) is 11.8 Å². The molecule has 8 nitrogen and oxygen atoms in total. The number of para-hydroxylation sites is 2. The van der Waals surface area contributed by atoms with Gasteiger partial charge in [0.05, 0.1) is 35.0 Å². The molecule has 3 heterocycles. The van der Waals surface area contributed by atoms with E-state index in [-0.39, 0.29) is 29.8 Å². The minimum Gasteiger partial charge on any atom is -0.343 e. The Hall–Kier alpha value is -3.26. The van der Waals surface area contributed by atoms with Crippen molar-refractivity contribution in [3.8, 4) is 5.69 Å². The first-order chi connectivity index (χ1) is 17.6. The number of hydrogen-bond donors (Lipinski definition) is 2. The summed E-state index contributed by atoms with van der Waals surface area (Å²) in [7, 11) is 1.77. The number of nitrogens with one attached hydrogen (secondary N) is 2. The summed E-state index contributed by atoms with van der Waals surface area (Å²) in [5.74, 6) is 0.106. The van der Waals surface area contributed by atoms with E-state index in [2.05, 4.69) is 26.7 Å². The summed E-state index contributed by atoms with van der Waals surface area (Å²) in [6, 6.07) is 9.27. The minimum absolute atomic E-state index is 0.0412. The Morgan fingerprint density at radius 2 is 1.86 bits per heavy atom. The van der Waals surface area contributed by atoms with E-state index in [1.807, 2.05) is 59.4 Å². The molecule has 1 aliphatic heterocycles. The van der Waals surface area contributed by atoms with Gasteiger partial charge >= 0.3 is 0 Å². The predicted molar refractivity (Wildman–Crippen MR) is 140 cm³/mol. The maximum Gasteiger partial charge on any atom is 0.245 e. The van der Waals surface area contributed by atoms with E-state index >= 15 is 0 Å². The van der Waals surface area contributed by atoms with Crippen LogP contribution in [0.15, 0.2) is 49.1 Å². The molecule has 1 unspecified atom stereocenters. The molecule has 36 heavy (non-hydrogen) atoms. The second-order valence-corrected chi connectivity index (χ2v) is 10.2. The van der Waals surface area contributed by atoms with Gasteiger partial charge in [0.15, 0.2) is 0 Å². The van der Waals surface area contributed by atoms with Crippen LogP contribution < -0.4 is 10.6 Å². The fourth-order valence-corrected chi connectivity index (χ4v) is 5.74. The molecule has 1 saturated heterocycles. The van der Waals surface area contributed by atoms with Gasteiger partial charge in [0.1, 0.15) is 12.4 Å². The van der Waals surface area contributed by atoms with Gasteiger partial charge in [-0.15, -0.1) is 0 Å². The van der Waals surface area contributed by atoms with E-state index < -0.39 is 6.04 Å². The molecule has 190 valence electrons. The van der Waals surface area contributed by atoms with Crippen LogP contribution >= 0.6 is 0 Å². The number of imidazole rings is 1. The Kier molecular flexibility index (Phi) is 7.32. The molecular weight excluding hydrogens is 452 g/mol. The van der Waals surface area contributed by atoms with E-state index in [1.165, 1.54) is 6.42 Å². The molecule has 2 aromatic heterocycles. The Labute approximate surface area is 212 Å². The highest BCUT2D eigenvalue weighted by molar-refractivity contribution is 5.90. The lowest BCUT2D eigenvalue weighted by molar-refractivity contribution is -0.139. The third kappa shape index (κ3) is 4.87. The maximum atomic E-state index is 14.0. The van der Waals surface area contributed by atoms with Crippen molar-refractivity contribution in [1.29, 1.82) is 0 Å². The molecule has 2 fully saturated rings. The molecule has 1 saturated carbocycles. The van der Waals surface area contributed by atoms with Crippen LogP contribution in [0.25, 0.3) is 16.7 Å². The van der Waals surface area contributed by atoms with Crippen LogP contribution in [0, 0.1) is 5.92 Å². The molecule has 2 N–H and O–H groups in total. The van der Waals surface area contributed by atoms with E-state index in [4.69, 9.17) is 0 Å². The normalized spacial score (nSPS) is 20.4. The lowest BCUT2D eigenvalue weighted by atomic mass is 9.83. The van der Waals surface area contributed by atoms with Gasteiger partial charge in [-0.25, -0.2) is 4.98 Å². The lowest BCUT2D eigenvalue weighted by Gasteiger charge is -2.35. The second-order valence-electron chi connectivity index (χ2n) is 10.2. The number of amides is 2. The molecule has 2 aliphatic rings. The van der Waals surface area contributed by atoms with Crippen molar-refractivity contribution in [2.75, 3.05) is 13.6 Å².